The highest BCUT2D eigenvalue weighted by atomic mass is 19.1. The van der Waals surface area contributed by atoms with Gasteiger partial charge in [-0.3, -0.25) is 4.90 Å². The second-order valence-electron chi connectivity index (χ2n) is 6.52. The topological polar surface area (TPSA) is 29.3 Å². The van der Waals surface area contributed by atoms with E-state index in [1.54, 1.807) is 18.3 Å². The van der Waals surface area contributed by atoms with Gasteiger partial charge in [-0.1, -0.05) is 26.0 Å². The molecule has 0 unspecified atom stereocenters. The first-order valence-electron chi connectivity index (χ1n) is 8.05. The number of hydrogen-bond donors (Lipinski definition) is 0. The quantitative estimate of drug-likeness (QED) is 0.829. The third-order valence-electron chi connectivity index (χ3n) is 4.09. The lowest BCUT2D eigenvalue weighted by molar-refractivity contribution is 0.199. The highest BCUT2D eigenvalue weighted by Gasteiger charge is 2.29. The Balaban J connectivity index is 1.70. The van der Waals surface area contributed by atoms with Gasteiger partial charge in [-0.05, 0) is 43.0 Å². The molecule has 1 aromatic heterocycles. The molecule has 3 rings (SSSR count). The molecule has 0 aliphatic carbocycles. The van der Waals surface area contributed by atoms with Crippen LogP contribution in [0.5, 0.6) is 0 Å². The molecule has 2 aromatic rings. The Labute approximate surface area is 131 Å². The standard InChI is InChI=1S/C18H23FN2O/c1-13(2)12-21-8-4-7-17(21)18-20-11-16(22-18)10-14-5-3-6-15(19)9-14/h3,5-6,9,11,13,17H,4,7-8,10,12H2,1-2H3/t17-/m0/s1. The summed E-state index contributed by atoms with van der Waals surface area (Å²) in [5.41, 5.74) is 0.910. The lowest BCUT2D eigenvalue weighted by Crippen LogP contribution is -2.27. The van der Waals surface area contributed by atoms with Gasteiger partial charge in [0.15, 0.2) is 0 Å². The molecule has 1 atom stereocenters. The first kappa shape index (κ1) is 15.2. The molecule has 0 amide bonds. The Morgan fingerprint density at radius 1 is 1.41 bits per heavy atom. The van der Waals surface area contributed by atoms with Crippen LogP contribution >= 0.6 is 0 Å². The smallest absolute Gasteiger partial charge is 0.211 e. The number of rotatable bonds is 5. The predicted octanol–water partition coefficient (Wildman–Crippen LogP) is 4.20. The Kier molecular flexibility index (Phi) is 4.57. The average Bonchev–Trinajstić information content (AvgIpc) is 3.07. The highest BCUT2D eigenvalue weighted by molar-refractivity contribution is 5.21. The molecule has 1 saturated heterocycles. The summed E-state index contributed by atoms with van der Waals surface area (Å²) >= 11 is 0. The van der Waals surface area contributed by atoms with Crippen molar-refractivity contribution in [3.05, 3.63) is 53.5 Å². The molecule has 1 aromatic carbocycles. The van der Waals surface area contributed by atoms with E-state index in [1.807, 2.05) is 6.07 Å². The average molecular weight is 302 g/mol. The molecule has 118 valence electrons. The minimum Gasteiger partial charge on any atom is -0.444 e. The third-order valence-corrected chi connectivity index (χ3v) is 4.09. The Bertz CT molecular complexity index is 623. The van der Waals surface area contributed by atoms with Gasteiger partial charge in [-0.2, -0.15) is 0 Å². The summed E-state index contributed by atoms with van der Waals surface area (Å²) < 4.78 is 19.2. The molecule has 0 radical (unpaired) electrons. The number of oxazole rings is 1. The van der Waals surface area contributed by atoms with Crippen molar-refractivity contribution in [2.75, 3.05) is 13.1 Å². The van der Waals surface area contributed by atoms with Gasteiger partial charge in [0.2, 0.25) is 5.89 Å². The SMILES string of the molecule is CC(C)CN1CCC[C@H]1c1ncc(Cc2cccc(F)c2)o1. The molecule has 2 heterocycles. The lowest BCUT2D eigenvalue weighted by atomic mass is 10.1. The van der Waals surface area contributed by atoms with E-state index in [4.69, 9.17) is 4.42 Å². The molecule has 0 bridgehead atoms. The van der Waals surface area contributed by atoms with Crippen molar-refractivity contribution in [1.82, 2.24) is 9.88 Å². The second kappa shape index (κ2) is 6.61. The Morgan fingerprint density at radius 2 is 2.27 bits per heavy atom. The largest absolute Gasteiger partial charge is 0.444 e. The zero-order chi connectivity index (χ0) is 15.5. The van der Waals surface area contributed by atoms with Crippen LogP contribution in [0.25, 0.3) is 0 Å². The summed E-state index contributed by atoms with van der Waals surface area (Å²) in [6.45, 7) is 6.66. The molecular formula is C18H23FN2O. The molecule has 1 aliphatic heterocycles. The van der Waals surface area contributed by atoms with Crippen molar-refractivity contribution in [2.45, 2.75) is 39.2 Å². The van der Waals surface area contributed by atoms with Crippen LogP contribution in [0.4, 0.5) is 4.39 Å². The van der Waals surface area contributed by atoms with Crippen molar-refractivity contribution in [3.8, 4) is 0 Å². The van der Waals surface area contributed by atoms with Crippen LogP contribution < -0.4 is 0 Å². The van der Waals surface area contributed by atoms with E-state index < -0.39 is 0 Å². The van der Waals surface area contributed by atoms with Crippen LogP contribution in [0.15, 0.2) is 34.9 Å². The molecule has 0 saturated carbocycles. The molecule has 22 heavy (non-hydrogen) atoms. The van der Waals surface area contributed by atoms with Crippen molar-refractivity contribution < 1.29 is 8.81 Å². The lowest BCUT2D eigenvalue weighted by Gasteiger charge is -2.23. The van der Waals surface area contributed by atoms with Crippen LogP contribution in [-0.4, -0.2) is 23.0 Å². The number of halogens is 1. The number of hydrogen-bond acceptors (Lipinski definition) is 3. The van der Waals surface area contributed by atoms with Gasteiger partial charge >= 0.3 is 0 Å². The van der Waals surface area contributed by atoms with Crippen LogP contribution in [-0.2, 0) is 6.42 Å². The van der Waals surface area contributed by atoms with E-state index in [2.05, 4.69) is 23.7 Å². The van der Waals surface area contributed by atoms with E-state index in [0.29, 0.717) is 18.4 Å². The number of likely N-dealkylation sites (tertiary alicyclic amines) is 1. The minimum absolute atomic E-state index is 0.212. The van der Waals surface area contributed by atoms with E-state index in [-0.39, 0.29) is 5.82 Å². The molecule has 0 N–H and O–H groups in total. The predicted molar refractivity (Wildman–Crippen MR) is 84.1 cm³/mol. The molecule has 0 spiro atoms. The van der Waals surface area contributed by atoms with Crippen LogP contribution in [0.1, 0.15) is 49.9 Å². The number of benzene rings is 1. The van der Waals surface area contributed by atoms with Gasteiger partial charge in [-0.15, -0.1) is 0 Å². The van der Waals surface area contributed by atoms with E-state index in [1.165, 1.54) is 12.5 Å². The maximum Gasteiger partial charge on any atom is 0.211 e. The summed E-state index contributed by atoms with van der Waals surface area (Å²) in [6, 6.07) is 6.93. The Hall–Kier alpha value is -1.68. The fourth-order valence-electron chi connectivity index (χ4n) is 3.20. The molecule has 3 nitrogen and oxygen atoms in total. The zero-order valence-electron chi connectivity index (χ0n) is 13.3. The Morgan fingerprint density at radius 3 is 3.05 bits per heavy atom. The maximum atomic E-state index is 13.2. The monoisotopic (exact) mass is 302 g/mol. The fourth-order valence-corrected chi connectivity index (χ4v) is 3.20. The first-order valence-corrected chi connectivity index (χ1v) is 8.05. The number of aromatic nitrogens is 1. The summed E-state index contributed by atoms with van der Waals surface area (Å²) in [5, 5.41) is 0. The van der Waals surface area contributed by atoms with Gasteiger partial charge in [0.05, 0.1) is 12.2 Å². The van der Waals surface area contributed by atoms with E-state index >= 15 is 0 Å². The fraction of sp³-hybridized carbons (Fsp3) is 0.500. The summed E-state index contributed by atoms with van der Waals surface area (Å²) in [7, 11) is 0. The first-order chi connectivity index (χ1) is 10.6. The van der Waals surface area contributed by atoms with Gasteiger partial charge in [0, 0.05) is 13.0 Å². The highest BCUT2D eigenvalue weighted by Crippen LogP contribution is 2.32. The third kappa shape index (κ3) is 3.55. The molecule has 1 aliphatic rings. The van der Waals surface area contributed by atoms with Gasteiger partial charge < -0.3 is 4.42 Å². The van der Waals surface area contributed by atoms with Gasteiger partial charge in [0.25, 0.3) is 0 Å². The maximum absolute atomic E-state index is 13.2. The summed E-state index contributed by atoms with van der Waals surface area (Å²) in [5.74, 6) is 2.04. The van der Waals surface area contributed by atoms with Crippen LogP contribution in [0.3, 0.4) is 0 Å². The van der Waals surface area contributed by atoms with Gasteiger partial charge in [0.1, 0.15) is 11.6 Å². The van der Waals surface area contributed by atoms with E-state index in [9.17, 15) is 4.39 Å². The summed E-state index contributed by atoms with van der Waals surface area (Å²) in [4.78, 5) is 6.93. The molecule has 1 fully saturated rings. The van der Waals surface area contributed by atoms with Gasteiger partial charge in [-0.25, -0.2) is 9.37 Å². The van der Waals surface area contributed by atoms with Crippen molar-refractivity contribution in [3.63, 3.8) is 0 Å². The van der Waals surface area contributed by atoms with Crippen LogP contribution in [0, 0.1) is 11.7 Å². The van der Waals surface area contributed by atoms with Crippen molar-refractivity contribution in [1.29, 1.82) is 0 Å². The zero-order valence-corrected chi connectivity index (χ0v) is 13.3. The second-order valence-corrected chi connectivity index (χ2v) is 6.52. The normalized spacial score (nSPS) is 19.2. The van der Waals surface area contributed by atoms with E-state index in [0.717, 1.165) is 36.7 Å². The van der Waals surface area contributed by atoms with Crippen molar-refractivity contribution >= 4 is 0 Å². The number of nitrogens with zero attached hydrogens (tertiary/aromatic N) is 2. The molecular weight excluding hydrogens is 279 g/mol. The van der Waals surface area contributed by atoms with Crippen LogP contribution in [0.2, 0.25) is 0 Å². The minimum atomic E-state index is -0.212. The summed E-state index contributed by atoms with van der Waals surface area (Å²) in [6.07, 6.45) is 4.67. The van der Waals surface area contributed by atoms with Crippen molar-refractivity contribution in [2.24, 2.45) is 5.92 Å². The molecule has 4 heteroatoms.